The van der Waals surface area contributed by atoms with Crippen LogP contribution < -0.4 is 10.6 Å². The Balaban J connectivity index is 1.47. The Bertz CT molecular complexity index is 856. The third-order valence-corrected chi connectivity index (χ3v) is 5.45. The van der Waals surface area contributed by atoms with E-state index in [1.807, 2.05) is 21.7 Å². The molecule has 0 spiro atoms. The number of aromatic nitrogens is 2. The topological polar surface area (TPSA) is 106 Å². The van der Waals surface area contributed by atoms with Gasteiger partial charge in [0.2, 0.25) is 5.91 Å². The average Bonchev–Trinajstić information content (AvgIpc) is 3.34. The van der Waals surface area contributed by atoms with Crippen molar-refractivity contribution in [2.45, 2.75) is 25.8 Å². The molecule has 3 heterocycles. The molecule has 1 aliphatic rings. The van der Waals surface area contributed by atoms with Crippen molar-refractivity contribution in [2.75, 3.05) is 31.6 Å². The Hall–Kier alpha value is -2.72. The van der Waals surface area contributed by atoms with Crippen LogP contribution in [0.5, 0.6) is 0 Å². The minimum Gasteiger partial charge on any atom is -0.462 e. The number of carbonyl (C=O) groups excluding carboxylic acids is 3. The van der Waals surface area contributed by atoms with Crippen molar-refractivity contribution < 1.29 is 19.1 Å². The fraction of sp³-hybridized carbons (Fsp3) is 0.474. The Morgan fingerprint density at radius 1 is 1.31 bits per heavy atom. The molecule has 9 nitrogen and oxygen atoms in total. The van der Waals surface area contributed by atoms with Crippen molar-refractivity contribution >= 4 is 34.9 Å². The van der Waals surface area contributed by atoms with E-state index in [2.05, 4.69) is 15.7 Å². The highest BCUT2D eigenvalue weighted by molar-refractivity contribution is 7.08. The van der Waals surface area contributed by atoms with Crippen LogP contribution in [0.25, 0.3) is 0 Å². The summed E-state index contributed by atoms with van der Waals surface area (Å²) in [6.07, 6.45) is 2.95. The van der Waals surface area contributed by atoms with Crippen LogP contribution in [-0.4, -0.2) is 64.7 Å². The van der Waals surface area contributed by atoms with E-state index in [4.69, 9.17) is 4.74 Å². The molecule has 156 valence electrons. The molecule has 0 bridgehead atoms. The molecule has 1 aliphatic heterocycles. The summed E-state index contributed by atoms with van der Waals surface area (Å²) in [5.74, 6) is -0.463. The van der Waals surface area contributed by atoms with Gasteiger partial charge in [-0.1, -0.05) is 0 Å². The second-order valence-corrected chi connectivity index (χ2v) is 7.62. The Labute approximate surface area is 173 Å². The van der Waals surface area contributed by atoms with Crippen LogP contribution in [0.4, 0.5) is 5.82 Å². The smallest absolute Gasteiger partial charge is 0.343 e. The second-order valence-electron chi connectivity index (χ2n) is 6.84. The molecule has 0 saturated carbocycles. The van der Waals surface area contributed by atoms with E-state index in [0.717, 1.165) is 12.8 Å². The summed E-state index contributed by atoms with van der Waals surface area (Å²) < 4.78 is 6.44. The van der Waals surface area contributed by atoms with Gasteiger partial charge in [-0.25, -0.2) is 4.79 Å². The maximum absolute atomic E-state index is 12.5. The molecule has 3 rings (SSSR count). The van der Waals surface area contributed by atoms with E-state index < -0.39 is 5.97 Å². The van der Waals surface area contributed by atoms with E-state index >= 15 is 0 Å². The highest BCUT2D eigenvalue weighted by Crippen LogP contribution is 2.16. The number of esters is 1. The van der Waals surface area contributed by atoms with Crippen molar-refractivity contribution in [1.82, 2.24) is 20.0 Å². The molecule has 1 saturated heterocycles. The largest absolute Gasteiger partial charge is 0.462 e. The number of nitrogens with zero attached hydrogens (tertiary/aromatic N) is 3. The first-order valence-corrected chi connectivity index (χ1v) is 10.5. The molecule has 0 aliphatic carbocycles. The molecule has 10 heteroatoms. The number of likely N-dealkylation sites (tertiary alicyclic amines) is 1. The number of carbonyl (C=O) groups is 3. The number of ether oxygens (including phenoxy) is 1. The lowest BCUT2D eigenvalue weighted by molar-refractivity contribution is -0.117. The minimum atomic E-state index is -0.516. The van der Waals surface area contributed by atoms with Crippen LogP contribution in [0.2, 0.25) is 0 Å². The minimum absolute atomic E-state index is 0.0508. The predicted molar refractivity (Wildman–Crippen MR) is 109 cm³/mol. The van der Waals surface area contributed by atoms with E-state index in [1.54, 1.807) is 14.0 Å². The zero-order chi connectivity index (χ0) is 20.8. The monoisotopic (exact) mass is 419 g/mol. The zero-order valence-corrected chi connectivity index (χ0v) is 17.3. The van der Waals surface area contributed by atoms with E-state index in [9.17, 15) is 14.4 Å². The van der Waals surface area contributed by atoms with Crippen molar-refractivity contribution in [3.63, 3.8) is 0 Å². The highest BCUT2D eigenvalue weighted by atomic mass is 32.1. The third kappa shape index (κ3) is 5.42. The van der Waals surface area contributed by atoms with E-state index in [-0.39, 0.29) is 36.6 Å². The van der Waals surface area contributed by atoms with Gasteiger partial charge < -0.3 is 15.4 Å². The standard InChI is InChI=1S/C19H25N5O4S/c1-3-28-19(27)15-10-20-23(2)17(15)22-16(25)11-24-7-4-14(5-8-24)21-18(26)13-6-9-29-12-13/h6,9-10,12,14H,3-5,7-8,11H2,1-2H3,(H,21,26)(H,22,25). The number of hydrogen-bond acceptors (Lipinski definition) is 7. The fourth-order valence-electron chi connectivity index (χ4n) is 3.22. The number of hydrogen-bond donors (Lipinski definition) is 2. The van der Waals surface area contributed by atoms with Crippen LogP contribution in [0.1, 0.15) is 40.5 Å². The molecule has 2 amide bonds. The van der Waals surface area contributed by atoms with Gasteiger partial charge >= 0.3 is 5.97 Å². The molecule has 0 aromatic carbocycles. The Morgan fingerprint density at radius 2 is 2.07 bits per heavy atom. The summed E-state index contributed by atoms with van der Waals surface area (Å²) in [5, 5.41) is 13.5. The highest BCUT2D eigenvalue weighted by Gasteiger charge is 2.24. The maximum Gasteiger partial charge on any atom is 0.343 e. The van der Waals surface area contributed by atoms with Gasteiger partial charge in [0.25, 0.3) is 5.91 Å². The number of rotatable bonds is 7. The van der Waals surface area contributed by atoms with Crippen LogP contribution in [0.3, 0.4) is 0 Å². The summed E-state index contributed by atoms with van der Waals surface area (Å²) in [6, 6.07) is 1.91. The summed E-state index contributed by atoms with van der Waals surface area (Å²) in [6.45, 7) is 3.59. The van der Waals surface area contributed by atoms with Crippen LogP contribution in [0.15, 0.2) is 23.0 Å². The Kier molecular flexibility index (Phi) is 6.99. The summed E-state index contributed by atoms with van der Waals surface area (Å²) in [5.41, 5.74) is 0.919. The summed E-state index contributed by atoms with van der Waals surface area (Å²) in [7, 11) is 1.65. The average molecular weight is 420 g/mol. The summed E-state index contributed by atoms with van der Waals surface area (Å²) in [4.78, 5) is 38.6. The molecule has 29 heavy (non-hydrogen) atoms. The molecular formula is C19H25N5O4S. The number of nitrogens with one attached hydrogen (secondary N) is 2. The molecule has 2 aromatic rings. The van der Waals surface area contributed by atoms with Gasteiger partial charge in [-0.15, -0.1) is 0 Å². The molecule has 0 unspecified atom stereocenters. The third-order valence-electron chi connectivity index (χ3n) is 4.77. The molecule has 0 radical (unpaired) electrons. The van der Waals surface area contributed by atoms with Gasteiger partial charge in [0.05, 0.1) is 19.3 Å². The molecule has 2 aromatic heterocycles. The molecular weight excluding hydrogens is 394 g/mol. The Morgan fingerprint density at radius 3 is 2.72 bits per heavy atom. The second kappa shape index (κ2) is 9.66. The fourth-order valence-corrected chi connectivity index (χ4v) is 3.85. The lowest BCUT2D eigenvalue weighted by Crippen LogP contribution is -2.46. The van der Waals surface area contributed by atoms with Crippen LogP contribution >= 0.6 is 11.3 Å². The van der Waals surface area contributed by atoms with Crippen LogP contribution in [-0.2, 0) is 16.6 Å². The quantitative estimate of drug-likeness (QED) is 0.659. The van der Waals surface area contributed by atoms with Crippen molar-refractivity contribution in [3.8, 4) is 0 Å². The first kappa shape index (κ1) is 21.0. The van der Waals surface area contributed by atoms with Gasteiger partial charge in [0.15, 0.2) is 0 Å². The van der Waals surface area contributed by atoms with Crippen molar-refractivity contribution in [2.24, 2.45) is 7.05 Å². The van der Waals surface area contributed by atoms with Crippen molar-refractivity contribution in [1.29, 1.82) is 0 Å². The first-order chi connectivity index (χ1) is 14.0. The molecule has 0 atom stereocenters. The van der Waals surface area contributed by atoms with Crippen LogP contribution in [0, 0.1) is 0 Å². The zero-order valence-electron chi connectivity index (χ0n) is 16.5. The lowest BCUT2D eigenvalue weighted by Gasteiger charge is -2.31. The number of thiophene rings is 1. The van der Waals surface area contributed by atoms with E-state index in [0.29, 0.717) is 24.5 Å². The number of piperidine rings is 1. The van der Waals surface area contributed by atoms with Gasteiger partial charge in [-0.2, -0.15) is 16.4 Å². The molecule has 1 fully saturated rings. The lowest BCUT2D eigenvalue weighted by atomic mass is 10.0. The van der Waals surface area contributed by atoms with Gasteiger partial charge in [0.1, 0.15) is 11.4 Å². The molecule has 2 N–H and O–H groups in total. The maximum atomic E-state index is 12.5. The summed E-state index contributed by atoms with van der Waals surface area (Å²) >= 11 is 1.50. The number of anilines is 1. The van der Waals surface area contributed by atoms with Crippen molar-refractivity contribution in [3.05, 3.63) is 34.2 Å². The number of amides is 2. The van der Waals surface area contributed by atoms with Gasteiger partial charge in [-0.3, -0.25) is 19.2 Å². The van der Waals surface area contributed by atoms with E-state index in [1.165, 1.54) is 22.2 Å². The predicted octanol–water partition coefficient (Wildman–Crippen LogP) is 1.49. The first-order valence-electron chi connectivity index (χ1n) is 9.52. The van der Waals surface area contributed by atoms with Gasteiger partial charge in [0, 0.05) is 37.1 Å². The number of aryl methyl sites for hydroxylation is 1. The normalized spacial score (nSPS) is 15.1. The van der Waals surface area contributed by atoms with Gasteiger partial charge in [-0.05, 0) is 31.2 Å². The SMILES string of the molecule is CCOC(=O)c1cnn(C)c1NC(=O)CN1CCC(NC(=O)c2ccsc2)CC1.